The van der Waals surface area contributed by atoms with Crippen LogP contribution < -0.4 is 4.74 Å². The number of nitrogens with zero attached hydrogens (tertiary/aromatic N) is 1. The smallest absolute Gasteiger partial charge is 0.122 e. The van der Waals surface area contributed by atoms with Gasteiger partial charge in [-0.1, -0.05) is 39.0 Å². The highest BCUT2D eigenvalue weighted by atomic mass is 16.5. The van der Waals surface area contributed by atoms with E-state index in [1.165, 1.54) is 5.56 Å². The fraction of sp³-hybridized carbons (Fsp3) is 0.625. The van der Waals surface area contributed by atoms with E-state index in [-0.39, 0.29) is 6.10 Å². The topological polar surface area (TPSA) is 21.7 Å². The lowest BCUT2D eigenvalue weighted by Crippen LogP contribution is -2.44. The molecule has 0 aromatic heterocycles. The molecule has 1 aromatic rings. The molecule has 0 N–H and O–H groups in total. The molecule has 1 fully saturated rings. The van der Waals surface area contributed by atoms with Crippen LogP contribution in [0.25, 0.3) is 0 Å². The van der Waals surface area contributed by atoms with Gasteiger partial charge < -0.3 is 9.47 Å². The van der Waals surface area contributed by atoms with Crippen molar-refractivity contribution in [2.45, 2.75) is 32.8 Å². The molecule has 0 saturated carbocycles. The average Bonchev–Trinajstić information content (AvgIpc) is 2.45. The fourth-order valence-electron chi connectivity index (χ4n) is 2.44. The van der Waals surface area contributed by atoms with Gasteiger partial charge in [-0.3, -0.25) is 4.90 Å². The first-order valence-corrected chi connectivity index (χ1v) is 7.26. The van der Waals surface area contributed by atoms with Crippen molar-refractivity contribution in [2.24, 2.45) is 0 Å². The number of ether oxygens (including phenoxy) is 2. The molecule has 1 unspecified atom stereocenters. The van der Waals surface area contributed by atoms with Gasteiger partial charge in [0.05, 0.1) is 6.61 Å². The van der Waals surface area contributed by atoms with E-state index >= 15 is 0 Å². The molecule has 3 nitrogen and oxygen atoms in total. The monoisotopic (exact) mass is 263 g/mol. The SMILES string of the molecule is CCN1CCOC(COc2ccccc2C(C)C)C1. The Morgan fingerprint density at radius 1 is 1.37 bits per heavy atom. The molecule has 2 rings (SSSR count). The van der Waals surface area contributed by atoms with Crippen LogP contribution in [0.1, 0.15) is 32.3 Å². The van der Waals surface area contributed by atoms with E-state index in [2.05, 4.69) is 43.9 Å². The summed E-state index contributed by atoms with van der Waals surface area (Å²) in [5.41, 5.74) is 1.27. The number of hydrogen-bond donors (Lipinski definition) is 0. The van der Waals surface area contributed by atoms with Gasteiger partial charge in [-0.15, -0.1) is 0 Å². The number of likely N-dealkylation sites (N-methyl/N-ethyl adjacent to an activating group) is 1. The fourth-order valence-corrected chi connectivity index (χ4v) is 2.44. The third-order valence-electron chi connectivity index (χ3n) is 3.64. The first-order valence-electron chi connectivity index (χ1n) is 7.26. The summed E-state index contributed by atoms with van der Waals surface area (Å²) in [6.45, 7) is 11.1. The molecular weight excluding hydrogens is 238 g/mol. The minimum Gasteiger partial charge on any atom is -0.491 e. The van der Waals surface area contributed by atoms with Crippen LogP contribution in [-0.2, 0) is 4.74 Å². The molecule has 19 heavy (non-hydrogen) atoms. The molecule has 1 heterocycles. The standard InChI is InChI=1S/C16H25NO2/c1-4-17-9-10-18-14(11-17)12-19-16-8-6-5-7-15(16)13(2)3/h5-8,13-14H,4,9-12H2,1-3H3. The Labute approximate surface area is 116 Å². The van der Waals surface area contributed by atoms with Crippen LogP contribution in [0.2, 0.25) is 0 Å². The minimum atomic E-state index is 0.189. The highest BCUT2D eigenvalue weighted by Gasteiger charge is 2.20. The van der Waals surface area contributed by atoms with Crippen LogP contribution in [-0.4, -0.2) is 43.9 Å². The normalized spacial score (nSPS) is 20.7. The summed E-state index contributed by atoms with van der Waals surface area (Å²) in [6, 6.07) is 8.29. The lowest BCUT2D eigenvalue weighted by Gasteiger charge is -2.32. The summed E-state index contributed by atoms with van der Waals surface area (Å²) in [7, 11) is 0. The second kappa shape index (κ2) is 6.92. The quantitative estimate of drug-likeness (QED) is 0.815. The Morgan fingerprint density at radius 2 is 2.16 bits per heavy atom. The highest BCUT2D eigenvalue weighted by Crippen LogP contribution is 2.26. The Kier molecular flexibility index (Phi) is 5.23. The van der Waals surface area contributed by atoms with Crippen molar-refractivity contribution >= 4 is 0 Å². The third kappa shape index (κ3) is 3.95. The van der Waals surface area contributed by atoms with E-state index in [1.54, 1.807) is 0 Å². The molecule has 1 saturated heterocycles. The van der Waals surface area contributed by atoms with Crippen molar-refractivity contribution in [3.63, 3.8) is 0 Å². The molecule has 1 aliphatic heterocycles. The Bertz CT molecular complexity index is 392. The van der Waals surface area contributed by atoms with Crippen molar-refractivity contribution in [3.8, 4) is 5.75 Å². The zero-order valence-electron chi connectivity index (χ0n) is 12.3. The summed E-state index contributed by atoms with van der Waals surface area (Å²) in [4.78, 5) is 2.41. The van der Waals surface area contributed by atoms with E-state index < -0.39 is 0 Å². The van der Waals surface area contributed by atoms with Crippen LogP contribution >= 0.6 is 0 Å². The molecule has 1 aliphatic rings. The molecule has 0 spiro atoms. The maximum absolute atomic E-state index is 5.98. The first kappa shape index (κ1) is 14.4. The van der Waals surface area contributed by atoms with Crippen LogP contribution in [0.5, 0.6) is 5.75 Å². The first-order chi connectivity index (χ1) is 9.20. The molecule has 1 aromatic carbocycles. The summed E-state index contributed by atoms with van der Waals surface area (Å²) in [5.74, 6) is 1.48. The molecule has 0 radical (unpaired) electrons. The zero-order valence-corrected chi connectivity index (χ0v) is 12.3. The molecule has 0 aliphatic carbocycles. The van der Waals surface area contributed by atoms with Gasteiger partial charge in [0.15, 0.2) is 0 Å². The van der Waals surface area contributed by atoms with Crippen molar-refractivity contribution in [1.82, 2.24) is 4.90 Å². The van der Waals surface area contributed by atoms with Gasteiger partial charge in [0.25, 0.3) is 0 Å². The number of hydrogen-bond acceptors (Lipinski definition) is 3. The van der Waals surface area contributed by atoms with Gasteiger partial charge in [0.1, 0.15) is 18.5 Å². The van der Waals surface area contributed by atoms with Gasteiger partial charge in [-0.2, -0.15) is 0 Å². The van der Waals surface area contributed by atoms with Crippen LogP contribution in [0.15, 0.2) is 24.3 Å². The Balaban J connectivity index is 1.91. The maximum Gasteiger partial charge on any atom is 0.122 e. The molecule has 0 amide bonds. The molecule has 106 valence electrons. The van der Waals surface area contributed by atoms with Crippen LogP contribution in [0, 0.1) is 0 Å². The van der Waals surface area contributed by atoms with Gasteiger partial charge in [-0.25, -0.2) is 0 Å². The van der Waals surface area contributed by atoms with Gasteiger partial charge in [-0.05, 0) is 24.1 Å². The number of para-hydroxylation sites is 1. The Hall–Kier alpha value is -1.06. The molecular formula is C16H25NO2. The van der Waals surface area contributed by atoms with E-state index in [9.17, 15) is 0 Å². The van der Waals surface area contributed by atoms with Crippen molar-refractivity contribution in [2.75, 3.05) is 32.8 Å². The molecule has 3 heteroatoms. The maximum atomic E-state index is 5.98. The van der Waals surface area contributed by atoms with E-state index in [1.807, 2.05) is 6.07 Å². The molecule has 0 bridgehead atoms. The zero-order chi connectivity index (χ0) is 13.7. The Morgan fingerprint density at radius 3 is 2.89 bits per heavy atom. The van der Waals surface area contributed by atoms with Crippen molar-refractivity contribution < 1.29 is 9.47 Å². The van der Waals surface area contributed by atoms with Gasteiger partial charge in [0, 0.05) is 13.1 Å². The number of morpholine rings is 1. The van der Waals surface area contributed by atoms with Crippen LogP contribution in [0.3, 0.4) is 0 Å². The minimum absolute atomic E-state index is 0.189. The summed E-state index contributed by atoms with van der Waals surface area (Å²) < 4.78 is 11.7. The van der Waals surface area contributed by atoms with Gasteiger partial charge >= 0.3 is 0 Å². The lowest BCUT2D eigenvalue weighted by atomic mass is 10.0. The van der Waals surface area contributed by atoms with Crippen molar-refractivity contribution in [1.29, 1.82) is 0 Å². The predicted octanol–water partition coefficient (Wildman–Crippen LogP) is 2.91. The molecule has 1 atom stereocenters. The number of benzene rings is 1. The van der Waals surface area contributed by atoms with Crippen molar-refractivity contribution in [3.05, 3.63) is 29.8 Å². The van der Waals surface area contributed by atoms with Crippen LogP contribution in [0.4, 0.5) is 0 Å². The average molecular weight is 263 g/mol. The van der Waals surface area contributed by atoms with E-state index in [0.717, 1.165) is 32.0 Å². The summed E-state index contributed by atoms with van der Waals surface area (Å²) in [6.07, 6.45) is 0.189. The predicted molar refractivity (Wildman–Crippen MR) is 77.9 cm³/mol. The van der Waals surface area contributed by atoms with Gasteiger partial charge in [0.2, 0.25) is 0 Å². The number of rotatable bonds is 5. The van der Waals surface area contributed by atoms with E-state index in [4.69, 9.17) is 9.47 Å². The summed E-state index contributed by atoms with van der Waals surface area (Å²) in [5, 5.41) is 0. The largest absolute Gasteiger partial charge is 0.491 e. The highest BCUT2D eigenvalue weighted by molar-refractivity contribution is 5.35. The summed E-state index contributed by atoms with van der Waals surface area (Å²) >= 11 is 0. The third-order valence-corrected chi connectivity index (χ3v) is 3.64. The van der Waals surface area contributed by atoms with E-state index in [0.29, 0.717) is 12.5 Å². The second-order valence-electron chi connectivity index (χ2n) is 5.39. The second-order valence-corrected chi connectivity index (χ2v) is 5.39. The lowest BCUT2D eigenvalue weighted by molar-refractivity contribution is -0.0465.